The van der Waals surface area contributed by atoms with Gasteiger partial charge in [0.25, 0.3) is 5.91 Å². The van der Waals surface area contributed by atoms with Gasteiger partial charge in [0.15, 0.2) is 0 Å². The summed E-state index contributed by atoms with van der Waals surface area (Å²) in [5.41, 5.74) is 2.69. The van der Waals surface area contributed by atoms with Gasteiger partial charge in [-0.2, -0.15) is 5.10 Å². The van der Waals surface area contributed by atoms with Crippen molar-refractivity contribution in [3.05, 3.63) is 47.5 Å². The van der Waals surface area contributed by atoms with Gasteiger partial charge in [0, 0.05) is 17.5 Å². The predicted octanol–water partition coefficient (Wildman–Crippen LogP) is 1.61. The summed E-state index contributed by atoms with van der Waals surface area (Å²) in [6.45, 7) is 0. The first-order valence-corrected chi connectivity index (χ1v) is 6.08. The van der Waals surface area contributed by atoms with Crippen molar-refractivity contribution in [1.29, 1.82) is 0 Å². The number of aromatic nitrogens is 3. The van der Waals surface area contributed by atoms with E-state index in [4.69, 9.17) is 0 Å². The predicted molar refractivity (Wildman–Crippen MR) is 66.0 cm³/mol. The molecule has 0 saturated heterocycles. The lowest BCUT2D eigenvalue weighted by Crippen LogP contribution is -2.31. The maximum Gasteiger partial charge on any atom is 0.270 e. The van der Waals surface area contributed by atoms with E-state index < -0.39 is 0 Å². The molecule has 0 aromatic carbocycles. The maximum atomic E-state index is 12.0. The van der Waals surface area contributed by atoms with Crippen LogP contribution in [0.3, 0.4) is 0 Å². The van der Waals surface area contributed by atoms with E-state index in [1.165, 1.54) is 0 Å². The number of rotatable bonds is 2. The van der Waals surface area contributed by atoms with Crippen LogP contribution in [0, 0.1) is 0 Å². The first kappa shape index (κ1) is 11.0. The Bertz CT molecular complexity index is 549. The Balaban J connectivity index is 1.77. The number of hydrogen-bond donors (Lipinski definition) is 2. The van der Waals surface area contributed by atoms with E-state index >= 15 is 0 Å². The molecule has 18 heavy (non-hydrogen) atoms. The molecule has 2 aromatic rings. The van der Waals surface area contributed by atoms with Crippen LogP contribution in [0.1, 0.15) is 40.6 Å². The fourth-order valence-corrected chi connectivity index (χ4v) is 2.34. The minimum atomic E-state index is -0.130. The van der Waals surface area contributed by atoms with Crippen LogP contribution in [0.5, 0.6) is 0 Å². The Morgan fingerprint density at radius 2 is 2.39 bits per heavy atom. The lowest BCUT2D eigenvalue weighted by molar-refractivity contribution is 0.0927. The highest BCUT2D eigenvalue weighted by Crippen LogP contribution is 2.27. The van der Waals surface area contributed by atoms with Gasteiger partial charge in [-0.1, -0.05) is 6.07 Å². The van der Waals surface area contributed by atoms with Crippen LogP contribution in [-0.4, -0.2) is 21.1 Å². The molecule has 5 nitrogen and oxygen atoms in total. The minimum Gasteiger partial charge on any atom is -0.344 e. The van der Waals surface area contributed by atoms with E-state index in [9.17, 15) is 4.79 Å². The molecule has 0 bridgehead atoms. The van der Waals surface area contributed by atoms with Gasteiger partial charge in [0.2, 0.25) is 0 Å². The van der Waals surface area contributed by atoms with Crippen molar-refractivity contribution in [3.63, 3.8) is 0 Å². The summed E-state index contributed by atoms with van der Waals surface area (Å²) in [5, 5.41) is 10.0. The Morgan fingerprint density at radius 3 is 3.22 bits per heavy atom. The highest BCUT2D eigenvalue weighted by molar-refractivity contribution is 5.92. The van der Waals surface area contributed by atoms with Crippen molar-refractivity contribution in [1.82, 2.24) is 20.5 Å². The van der Waals surface area contributed by atoms with E-state index in [1.54, 1.807) is 24.5 Å². The zero-order valence-corrected chi connectivity index (χ0v) is 9.89. The van der Waals surface area contributed by atoms with E-state index in [2.05, 4.69) is 20.5 Å². The van der Waals surface area contributed by atoms with Gasteiger partial charge >= 0.3 is 0 Å². The summed E-state index contributed by atoms with van der Waals surface area (Å²) in [7, 11) is 0. The van der Waals surface area contributed by atoms with Crippen LogP contribution in [0.25, 0.3) is 0 Å². The lowest BCUT2D eigenvalue weighted by atomic mass is 9.93. The first-order chi connectivity index (χ1) is 8.84. The smallest absolute Gasteiger partial charge is 0.270 e. The monoisotopic (exact) mass is 242 g/mol. The fraction of sp³-hybridized carbons (Fsp3) is 0.308. The number of amides is 1. The maximum absolute atomic E-state index is 12.0. The van der Waals surface area contributed by atoms with Crippen molar-refractivity contribution in [2.24, 2.45) is 0 Å². The number of nitrogens with one attached hydrogen (secondary N) is 2. The van der Waals surface area contributed by atoms with E-state index in [-0.39, 0.29) is 11.9 Å². The van der Waals surface area contributed by atoms with Crippen LogP contribution in [0.2, 0.25) is 0 Å². The highest BCUT2D eigenvalue weighted by atomic mass is 16.1. The molecule has 0 fully saturated rings. The molecule has 0 saturated carbocycles. The van der Waals surface area contributed by atoms with Gasteiger partial charge in [0.1, 0.15) is 5.69 Å². The molecule has 1 unspecified atom stereocenters. The number of H-pyrrole nitrogens is 1. The van der Waals surface area contributed by atoms with E-state index in [0.717, 1.165) is 30.5 Å². The fourth-order valence-electron chi connectivity index (χ4n) is 2.34. The average molecular weight is 242 g/mol. The van der Waals surface area contributed by atoms with Crippen LogP contribution in [0.15, 0.2) is 30.6 Å². The second-order valence-corrected chi connectivity index (χ2v) is 4.44. The van der Waals surface area contributed by atoms with Gasteiger partial charge in [-0.15, -0.1) is 0 Å². The Labute approximate surface area is 105 Å². The average Bonchev–Trinajstić information content (AvgIpc) is 2.89. The van der Waals surface area contributed by atoms with Crippen molar-refractivity contribution in [3.8, 4) is 0 Å². The lowest BCUT2D eigenvalue weighted by Gasteiger charge is -2.22. The molecule has 0 radical (unpaired) electrons. The van der Waals surface area contributed by atoms with Crippen molar-refractivity contribution in [2.45, 2.75) is 25.3 Å². The number of pyridine rings is 1. The van der Waals surface area contributed by atoms with Gasteiger partial charge in [-0.3, -0.25) is 14.9 Å². The first-order valence-electron chi connectivity index (χ1n) is 6.08. The number of carbonyl (C=O) groups excluding carboxylic acids is 1. The summed E-state index contributed by atoms with van der Waals surface area (Å²) in [4.78, 5) is 16.1. The third kappa shape index (κ3) is 1.99. The zero-order valence-electron chi connectivity index (χ0n) is 9.89. The van der Waals surface area contributed by atoms with Crippen molar-refractivity contribution in [2.75, 3.05) is 0 Å². The summed E-state index contributed by atoms with van der Waals surface area (Å²) in [6.07, 6.45) is 6.44. The minimum absolute atomic E-state index is 0.0435. The molecule has 2 N–H and O–H groups in total. The quantitative estimate of drug-likeness (QED) is 0.840. The third-order valence-electron chi connectivity index (χ3n) is 3.25. The van der Waals surface area contributed by atoms with Gasteiger partial charge in [-0.05, 0) is 31.4 Å². The molecular weight excluding hydrogens is 228 g/mol. The highest BCUT2D eigenvalue weighted by Gasteiger charge is 2.23. The molecule has 5 heteroatoms. The van der Waals surface area contributed by atoms with Crippen molar-refractivity contribution < 1.29 is 4.79 Å². The zero-order chi connectivity index (χ0) is 12.4. The largest absolute Gasteiger partial charge is 0.344 e. The second-order valence-electron chi connectivity index (χ2n) is 4.44. The van der Waals surface area contributed by atoms with Crippen LogP contribution < -0.4 is 5.32 Å². The molecule has 1 atom stereocenters. The molecule has 1 amide bonds. The molecule has 0 spiro atoms. The SMILES string of the molecule is O=C(NC1CCCc2[nH]ncc21)c1ccccn1. The summed E-state index contributed by atoms with van der Waals surface area (Å²) in [6, 6.07) is 5.37. The number of aromatic amines is 1. The summed E-state index contributed by atoms with van der Waals surface area (Å²) >= 11 is 0. The standard InChI is InChI=1S/C13H14N4O/c18-13(12-4-1-2-7-14-12)16-10-5-3-6-11-9(10)8-15-17-11/h1-2,4,7-8,10H,3,5-6H2,(H,15,17)(H,16,18). The molecular formula is C13H14N4O. The number of fused-ring (bicyclic) bond motifs is 1. The van der Waals surface area contributed by atoms with Gasteiger partial charge < -0.3 is 5.32 Å². The Hall–Kier alpha value is -2.17. The molecule has 3 rings (SSSR count). The molecule has 0 aliphatic heterocycles. The molecule has 2 heterocycles. The van der Waals surface area contributed by atoms with E-state index in [0.29, 0.717) is 5.69 Å². The molecule has 1 aliphatic carbocycles. The molecule has 2 aromatic heterocycles. The summed E-state index contributed by atoms with van der Waals surface area (Å²) < 4.78 is 0. The summed E-state index contributed by atoms with van der Waals surface area (Å²) in [5.74, 6) is -0.130. The number of carbonyl (C=O) groups is 1. The Kier molecular flexibility index (Phi) is 2.80. The topological polar surface area (TPSA) is 70.7 Å². The van der Waals surface area contributed by atoms with Gasteiger partial charge in [-0.25, -0.2) is 0 Å². The van der Waals surface area contributed by atoms with Crippen LogP contribution in [0.4, 0.5) is 0 Å². The normalized spacial score (nSPS) is 18.1. The number of hydrogen-bond acceptors (Lipinski definition) is 3. The van der Waals surface area contributed by atoms with Gasteiger partial charge in [0.05, 0.1) is 12.2 Å². The third-order valence-corrected chi connectivity index (χ3v) is 3.25. The molecule has 1 aliphatic rings. The van der Waals surface area contributed by atoms with Crippen LogP contribution in [-0.2, 0) is 6.42 Å². The van der Waals surface area contributed by atoms with Crippen LogP contribution >= 0.6 is 0 Å². The number of aryl methyl sites for hydroxylation is 1. The van der Waals surface area contributed by atoms with E-state index in [1.807, 2.05) is 6.07 Å². The molecule has 92 valence electrons. The number of nitrogens with zero attached hydrogens (tertiary/aromatic N) is 2. The Morgan fingerprint density at radius 1 is 1.44 bits per heavy atom. The second kappa shape index (κ2) is 4.60. The van der Waals surface area contributed by atoms with Crippen molar-refractivity contribution >= 4 is 5.91 Å².